The lowest BCUT2D eigenvalue weighted by atomic mass is 9.84. The summed E-state index contributed by atoms with van der Waals surface area (Å²) in [6, 6.07) is 28.5. The highest BCUT2D eigenvalue weighted by Gasteiger charge is 2.52. The molecule has 0 radical (unpaired) electrons. The average Bonchev–Trinajstić information content (AvgIpc) is 3.07. The van der Waals surface area contributed by atoms with Crippen LogP contribution < -0.4 is 5.32 Å². The summed E-state index contributed by atoms with van der Waals surface area (Å²) in [4.78, 5) is 43.4. The third-order valence-electron chi connectivity index (χ3n) is 6.53. The van der Waals surface area contributed by atoms with Gasteiger partial charge in [-0.3, -0.25) is 14.5 Å². The topological polar surface area (TPSA) is 69.7 Å². The maximum Gasteiger partial charge on any atom is 0.325 e. The Morgan fingerprint density at radius 3 is 1.67 bits per heavy atom. The van der Waals surface area contributed by atoms with Crippen molar-refractivity contribution in [2.45, 2.75) is 51.2 Å². The largest absolute Gasteiger partial charge is 0.332 e. The van der Waals surface area contributed by atoms with Crippen molar-refractivity contribution in [1.29, 1.82) is 0 Å². The smallest absolute Gasteiger partial charge is 0.325 e. The van der Waals surface area contributed by atoms with Crippen LogP contribution in [0, 0.1) is 0 Å². The molecule has 1 saturated heterocycles. The zero-order chi connectivity index (χ0) is 25.8. The van der Waals surface area contributed by atoms with Crippen LogP contribution in [0.5, 0.6) is 0 Å². The normalized spacial score (nSPS) is 15.0. The van der Waals surface area contributed by atoms with E-state index in [9.17, 15) is 14.4 Å². The first kappa shape index (κ1) is 25.2. The fraction of sp³-hybridized carbons (Fsp3) is 0.300. The van der Waals surface area contributed by atoms with Crippen LogP contribution in [-0.2, 0) is 29.0 Å². The molecule has 0 aromatic heterocycles. The second kappa shape index (κ2) is 10.4. The fourth-order valence-corrected chi connectivity index (χ4v) is 4.70. The molecule has 0 aliphatic carbocycles. The van der Waals surface area contributed by atoms with Crippen LogP contribution in [0.1, 0.15) is 37.5 Å². The Balaban J connectivity index is 1.60. The van der Waals surface area contributed by atoms with E-state index in [-0.39, 0.29) is 18.4 Å². The lowest BCUT2D eigenvalue weighted by Gasteiger charge is -2.36. The lowest BCUT2D eigenvalue weighted by Crippen LogP contribution is -2.52. The van der Waals surface area contributed by atoms with Gasteiger partial charge in [-0.15, -0.1) is 0 Å². The molecule has 186 valence electrons. The van der Waals surface area contributed by atoms with Crippen molar-refractivity contribution in [2.24, 2.45) is 0 Å². The van der Waals surface area contributed by atoms with E-state index in [0.717, 1.165) is 21.6 Å². The van der Waals surface area contributed by atoms with Gasteiger partial charge >= 0.3 is 6.03 Å². The molecule has 3 aromatic rings. The minimum absolute atomic E-state index is 0.273. The molecular weight excluding hydrogens is 450 g/mol. The van der Waals surface area contributed by atoms with Gasteiger partial charge in [-0.05, 0) is 37.5 Å². The standard InChI is InChI=1S/C30H33N3O3/c1-29(2,3)33(21-25-17-11-6-12-18-25)26(34)22-32-27(35)30(31-28(32)36,19-23-13-7-4-8-14-23)20-24-15-9-5-10-16-24/h4-18H,19-22H2,1-3H3,(H,31,36). The number of amides is 4. The summed E-state index contributed by atoms with van der Waals surface area (Å²) in [7, 11) is 0. The summed E-state index contributed by atoms with van der Waals surface area (Å²) >= 11 is 0. The van der Waals surface area contributed by atoms with Crippen molar-refractivity contribution in [3.63, 3.8) is 0 Å². The Labute approximate surface area is 212 Å². The maximum atomic E-state index is 13.9. The Bertz CT molecular complexity index is 1160. The molecule has 36 heavy (non-hydrogen) atoms. The van der Waals surface area contributed by atoms with Crippen LogP contribution in [0.3, 0.4) is 0 Å². The van der Waals surface area contributed by atoms with E-state index in [1.165, 1.54) is 0 Å². The van der Waals surface area contributed by atoms with Crippen molar-refractivity contribution in [1.82, 2.24) is 15.1 Å². The molecule has 0 atom stereocenters. The molecule has 0 spiro atoms. The van der Waals surface area contributed by atoms with Crippen LogP contribution in [0.4, 0.5) is 4.79 Å². The van der Waals surface area contributed by atoms with Crippen LogP contribution in [0.2, 0.25) is 0 Å². The predicted octanol–water partition coefficient (Wildman–Crippen LogP) is 4.59. The summed E-state index contributed by atoms with van der Waals surface area (Å²) in [5, 5.41) is 2.96. The van der Waals surface area contributed by atoms with Crippen molar-refractivity contribution in [2.75, 3.05) is 6.54 Å². The molecule has 4 rings (SSSR count). The van der Waals surface area contributed by atoms with Gasteiger partial charge in [0.25, 0.3) is 5.91 Å². The third-order valence-corrected chi connectivity index (χ3v) is 6.53. The zero-order valence-electron chi connectivity index (χ0n) is 21.1. The summed E-state index contributed by atoms with van der Waals surface area (Å²) < 4.78 is 0. The van der Waals surface area contributed by atoms with Gasteiger partial charge in [0.05, 0.1) is 0 Å². The van der Waals surface area contributed by atoms with E-state index in [0.29, 0.717) is 19.4 Å². The summed E-state index contributed by atoms with van der Waals surface area (Å²) in [6.07, 6.45) is 0.677. The number of carbonyl (C=O) groups excluding carboxylic acids is 3. The molecule has 3 aromatic carbocycles. The monoisotopic (exact) mass is 483 g/mol. The second-order valence-electron chi connectivity index (χ2n) is 10.4. The van der Waals surface area contributed by atoms with E-state index in [1.54, 1.807) is 4.90 Å². The minimum Gasteiger partial charge on any atom is -0.332 e. The molecule has 6 heteroatoms. The molecule has 1 aliphatic rings. The minimum atomic E-state index is -1.16. The van der Waals surface area contributed by atoms with Crippen molar-refractivity contribution in [3.8, 4) is 0 Å². The summed E-state index contributed by atoms with van der Waals surface area (Å²) in [6.45, 7) is 5.95. The van der Waals surface area contributed by atoms with Crippen LogP contribution >= 0.6 is 0 Å². The van der Waals surface area contributed by atoms with Crippen molar-refractivity contribution < 1.29 is 14.4 Å². The van der Waals surface area contributed by atoms with Gasteiger partial charge in [0.15, 0.2) is 0 Å². The number of rotatable bonds is 8. The highest BCUT2D eigenvalue weighted by atomic mass is 16.2. The maximum absolute atomic E-state index is 13.9. The predicted molar refractivity (Wildman–Crippen MR) is 140 cm³/mol. The number of hydrogen-bond donors (Lipinski definition) is 1. The quantitative estimate of drug-likeness (QED) is 0.477. The molecule has 1 N–H and O–H groups in total. The van der Waals surface area contributed by atoms with Crippen LogP contribution in [0.15, 0.2) is 91.0 Å². The Morgan fingerprint density at radius 2 is 1.22 bits per heavy atom. The number of nitrogens with one attached hydrogen (secondary N) is 1. The molecule has 1 heterocycles. The van der Waals surface area contributed by atoms with Crippen LogP contribution in [0.25, 0.3) is 0 Å². The van der Waals surface area contributed by atoms with E-state index < -0.39 is 17.1 Å². The van der Waals surface area contributed by atoms with Crippen LogP contribution in [-0.4, -0.2) is 45.3 Å². The number of hydrogen-bond acceptors (Lipinski definition) is 3. The van der Waals surface area contributed by atoms with Gasteiger partial charge in [-0.1, -0.05) is 91.0 Å². The third kappa shape index (κ3) is 5.65. The molecular formula is C30H33N3O3. The zero-order valence-corrected chi connectivity index (χ0v) is 21.1. The number of imide groups is 1. The first-order chi connectivity index (χ1) is 17.2. The first-order valence-corrected chi connectivity index (χ1v) is 12.2. The lowest BCUT2D eigenvalue weighted by molar-refractivity contribution is -0.142. The van der Waals surface area contributed by atoms with Gasteiger partial charge in [0.1, 0.15) is 12.1 Å². The second-order valence-corrected chi connectivity index (χ2v) is 10.4. The van der Waals surface area contributed by atoms with E-state index in [2.05, 4.69) is 5.32 Å². The Hall–Kier alpha value is -3.93. The van der Waals surface area contributed by atoms with Gasteiger partial charge in [-0.2, -0.15) is 0 Å². The average molecular weight is 484 g/mol. The summed E-state index contributed by atoms with van der Waals surface area (Å²) in [5.41, 5.74) is 1.22. The number of benzene rings is 3. The molecule has 4 amide bonds. The molecule has 0 saturated carbocycles. The fourth-order valence-electron chi connectivity index (χ4n) is 4.70. The Morgan fingerprint density at radius 1 is 0.778 bits per heavy atom. The number of carbonyl (C=O) groups is 3. The number of nitrogens with zero attached hydrogens (tertiary/aromatic N) is 2. The molecule has 0 bridgehead atoms. The van der Waals surface area contributed by atoms with E-state index in [1.807, 2.05) is 112 Å². The van der Waals surface area contributed by atoms with Crippen molar-refractivity contribution >= 4 is 17.8 Å². The van der Waals surface area contributed by atoms with E-state index >= 15 is 0 Å². The molecule has 1 fully saturated rings. The highest BCUT2D eigenvalue weighted by Crippen LogP contribution is 2.28. The number of urea groups is 1. The summed E-state index contributed by atoms with van der Waals surface area (Å²) in [5.74, 6) is -0.646. The molecule has 1 aliphatic heterocycles. The highest BCUT2D eigenvalue weighted by molar-refractivity contribution is 6.09. The van der Waals surface area contributed by atoms with Gasteiger partial charge in [0.2, 0.25) is 5.91 Å². The molecule has 6 nitrogen and oxygen atoms in total. The van der Waals surface area contributed by atoms with Gasteiger partial charge in [-0.25, -0.2) is 4.79 Å². The van der Waals surface area contributed by atoms with Gasteiger partial charge < -0.3 is 10.2 Å². The Kier molecular flexibility index (Phi) is 7.25. The van der Waals surface area contributed by atoms with E-state index in [4.69, 9.17) is 0 Å². The molecule has 0 unspecified atom stereocenters. The van der Waals surface area contributed by atoms with Crippen molar-refractivity contribution in [3.05, 3.63) is 108 Å². The SMILES string of the molecule is CC(C)(C)N(Cc1ccccc1)C(=O)CN1C(=O)NC(Cc2ccccc2)(Cc2ccccc2)C1=O. The van der Waals surface area contributed by atoms with Gasteiger partial charge in [0, 0.05) is 24.9 Å². The first-order valence-electron chi connectivity index (χ1n) is 12.2.